The molecule has 0 aliphatic heterocycles. The Morgan fingerprint density at radius 1 is 1.08 bits per heavy atom. The van der Waals surface area contributed by atoms with Crippen molar-refractivity contribution in [3.63, 3.8) is 0 Å². The number of nitrogens with one attached hydrogen (secondary N) is 2. The zero-order valence-electron chi connectivity index (χ0n) is 13.5. The monoisotopic (exact) mass is 334 g/mol. The molecule has 0 spiro atoms. The van der Waals surface area contributed by atoms with E-state index < -0.39 is 11.8 Å². The molecule has 0 aliphatic rings. The molecule has 0 atom stereocenters. The summed E-state index contributed by atoms with van der Waals surface area (Å²) in [5.41, 5.74) is 7.40. The van der Waals surface area contributed by atoms with Crippen LogP contribution in [0, 0.1) is 11.3 Å². The maximum absolute atomic E-state index is 12.0. The van der Waals surface area contributed by atoms with Crippen molar-refractivity contribution >= 4 is 17.5 Å². The van der Waals surface area contributed by atoms with Gasteiger partial charge in [0.15, 0.2) is 0 Å². The van der Waals surface area contributed by atoms with E-state index in [0.29, 0.717) is 24.2 Å². The smallest absolute Gasteiger partial charge is 0.263 e. The SMILES string of the molecule is N#C/C(=C/NC(=O)c1ccc(N)cc1)C(=O)NCCc1ccccc1. The summed E-state index contributed by atoms with van der Waals surface area (Å²) in [6, 6.07) is 17.8. The van der Waals surface area contributed by atoms with E-state index in [1.165, 1.54) is 0 Å². The number of anilines is 1. The van der Waals surface area contributed by atoms with Crippen molar-refractivity contribution < 1.29 is 9.59 Å². The van der Waals surface area contributed by atoms with E-state index in [2.05, 4.69) is 10.6 Å². The second-order valence-electron chi connectivity index (χ2n) is 5.26. The van der Waals surface area contributed by atoms with Crippen molar-refractivity contribution in [1.29, 1.82) is 5.26 Å². The maximum atomic E-state index is 12.0. The number of hydrogen-bond donors (Lipinski definition) is 3. The Hall–Kier alpha value is -3.59. The van der Waals surface area contributed by atoms with Crippen LogP contribution >= 0.6 is 0 Å². The van der Waals surface area contributed by atoms with Gasteiger partial charge in [0.2, 0.25) is 0 Å². The first-order chi connectivity index (χ1) is 12.1. The summed E-state index contributed by atoms with van der Waals surface area (Å²) in [4.78, 5) is 23.9. The van der Waals surface area contributed by atoms with Crippen LogP contribution in [0.3, 0.4) is 0 Å². The first kappa shape index (κ1) is 17.8. The molecule has 0 aliphatic carbocycles. The number of amides is 2. The quantitative estimate of drug-likeness (QED) is 0.425. The number of hydrogen-bond acceptors (Lipinski definition) is 4. The molecule has 0 saturated heterocycles. The summed E-state index contributed by atoms with van der Waals surface area (Å²) in [6.45, 7) is 0.397. The van der Waals surface area contributed by atoms with Crippen LogP contribution in [0.25, 0.3) is 0 Å². The Labute approximate surface area is 146 Å². The van der Waals surface area contributed by atoms with Crippen molar-refractivity contribution in [2.45, 2.75) is 6.42 Å². The van der Waals surface area contributed by atoms with Crippen LogP contribution in [0.2, 0.25) is 0 Å². The average molecular weight is 334 g/mol. The third kappa shape index (κ3) is 5.52. The minimum atomic E-state index is -0.531. The Morgan fingerprint density at radius 2 is 1.76 bits per heavy atom. The summed E-state index contributed by atoms with van der Waals surface area (Å²) in [5.74, 6) is -0.958. The molecular formula is C19H18N4O2. The second kappa shape index (κ2) is 8.89. The highest BCUT2D eigenvalue weighted by Gasteiger charge is 2.10. The normalized spacial score (nSPS) is 10.6. The van der Waals surface area contributed by atoms with E-state index in [-0.39, 0.29) is 5.57 Å². The van der Waals surface area contributed by atoms with Gasteiger partial charge in [-0.25, -0.2) is 0 Å². The van der Waals surface area contributed by atoms with E-state index in [4.69, 9.17) is 11.0 Å². The molecule has 4 N–H and O–H groups in total. The summed E-state index contributed by atoms with van der Waals surface area (Å²) in [5, 5.41) is 14.2. The predicted octanol–water partition coefficient (Wildman–Crippen LogP) is 1.76. The molecule has 0 fully saturated rings. The van der Waals surface area contributed by atoms with Crippen LogP contribution in [0.1, 0.15) is 15.9 Å². The molecule has 2 aromatic carbocycles. The minimum Gasteiger partial charge on any atom is -0.399 e. The molecule has 6 heteroatoms. The van der Waals surface area contributed by atoms with E-state index in [1.54, 1.807) is 30.3 Å². The number of nitrogen functional groups attached to an aromatic ring is 1. The van der Waals surface area contributed by atoms with Crippen LogP contribution in [0.4, 0.5) is 5.69 Å². The van der Waals surface area contributed by atoms with Gasteiger partial charge < -0.3 is 16.4 Å². The molecule has 6 nitrogen and oxygen atoms in total. The van der Waals surface area contributed by atoms with Crippen LogP contribution in [0.5, 0.6) is 0 Å². The number of carbonyl (C=O) groups excluding carboxylic acids is 2. The number of rotatable bonds is 6. The lowest BCUT2D eigenvalue weighted by molar-refractivity contribution is -0.117. The summed E-state index contributed by atoms with van der Waals surface area (Å²) in [6.07, 6.45) is 1.76. The van der Waals surface area contributed by atoms with E-state index in [9.17, 15) is 9.59 Å². The molecule has 0 radical (unpaired) electrons. The Kier molecular flexibility index (Phi) is 6.32. The fourth-order valence-electron chi connectivity index (χ4n) is 2.06. The summed E-state index contributed by atoms with van der Waals surface area (Å²) in [7, 11) is 0. The maximum Gasteiger partial charge on any atom is 0.263 e. The van der Waals surface area contributed by atoms with Gasteiger partial charge >= 0.3 is 0 Å². The molecule has 0 saturated carbocycles. The molecule has 2 rings (SSSR count). The molecule has 0 heterocycles. The van der Waals surface area contributed by atoms with Crippen molar-refractivity contribution in [2.75, 3.05) is 12.3 Å². The van der Waals surface area contributed by atoms with E-state index >= 15 is 0 Å². The highest BCUT2D eigenvalue weighted by Crippen LogP contribution is 2.05. The Morgan fingerprint density at radius 3 is 2.40 bits per heavy atom. The predicted molar refractivity (Wildman–Crippen MR) is 95.2 cm³/mol. The van der Waals surface area contributed by atoms with Crippen molar-refractivity contribution in [2.24, 2.45) is 0 Å². The number of carbonyl (C=O) groups is 2. The van der Waals surface area contributed by atoms with E-state index in [0.717, 1.165) is 11.8 Å². The standard InChI is InChI=1S/C19H18N4O2/c20-12-16(13-23-18(24)15-6-8-17(21)9-7-15)19(25)22-11-10-14-4-2-1-3-5-14/h1-9,13H,10-11,21H2,(H,22,25)(H,23,24)/b16-13-. The highest BCUT2D eigenvalue weighted by atomic mass is 16.2. The first-order valence-corrected chi connectivity index (χ1v) is 7.69. The van der Waals surface area contributed by atoms with Gasteiger partial charge in [-0.1, -0.05) is 30.3 Å². The molecule has 0 bridgehead atoms. The zero-order valence-corrected chi connectivity index (χ0v) is 13.5. The number of nitrogens with two attached hydrogens (primary N) is 1. The number of nitriles is 1. The van der Waals surface area contributed by atoms with Crippen LogP contribution < -0.4 is 16.4 Å². The average Bonchev–Trinajstić information content (AvgIpc) is 2.63. The Balaban J connectivity index is 1.88. The van der Waals surface area contributed by atoms with Gasteiger partial charge in [-0.2, -0.15) is 5.26 Å². The molecule has 0 aromatic heterocycles. The molecular weight excluding hydrogens is 316 g/mol. The van der Waals surface area contributed by atoms with E-state index in [1.807, 2.05) is 30.3 Å². The zero-order chi connectivity index (χ0) is 18.1. The molecule has 126 valence electrons. The topological polar surface area (TPSA) is 108 Å². The van der Waals surface area contributed by atoms with Crippen LogP contribution in [-0.4, -0.2) is 18.4 Å². The van der Waals surface area contributed by atoms with Gasteiger partial charge in [-0.3, -0.25) is 9.59 Å². The third-order valence-corrected chi connectivity index (χ3v) is 3.43. The minimum absolute atomic E-state index is 0.170. The third-order valence-electron chi connectivity index (χ3n) is 3.43. The van der Waals surface area contributed by atoms with Crippen molar-refractivity contribution in [3.05, 3.63) is 77.5 Å². The second-order valence-corrected chi connectivity index (χ2v) is 5.26. The number of nitrogens with zero attached hydrogens (tertiary/aromatic N) is 1. The van der Waals surface area contributed by atoms with Crippen LogP contribution in [0.15, 0.2) is 66.4 Å². The van der Waals surface area contributed by atoms with Gasteiger partial charge in [0.25, 0.3) is 11.8 Å². The van der Waals surface area contributed by atoms with Gasteiger partial charge in [0, 0.05) is 24.0 Å². The number of benzene rings is 2. The van der Waals surface area contributed by atoms with Gasteiger partial charge in [-0.15, -0.1) is 0 Å². The largest absolute Gasteiger partial charge is 0.399 e. The van der Waals surface area contributed by atoms with Gasteiger partial charge in [0.05, 0.1) is 0 Å². The molecule has 2 amide bonds. The van der Waals surface area contributed by atoms with Gasteiger partial charge in [0.1, 0.15) is 11.6 Å². The van der Waals surface area contributed by atoms with Crippen LogP contribution in [-0.2, 0) is 11.2 Å². The van der Waals surface area contributed by atoms with Crippen molar-refractivity contribution in [3.8, 4) is 6.07 Å². The lowest BCUT2D eigenvalue weighted by Crippen LogP contribution is -2.28. The Bertz CT molecular complexity index is 806. The lowest BCUT2D eigenvalue weighted by Gasteiger charge is -2.05. The van der Waals surface area contributed by atoms with Crippen molar-refractivity contribution in [1.82, 2.24) is 10.6 Å². The lowest BCUT2D eigenvalue weighted by atomic mass is 10.1. The fraction of sp³-hybridized carbons (Fsp3) is 0.105. The van der Waals surface area contributed by atoms with Gasteiger partial charge in [-0.05, 0) is 36.2 Å². The fourth-order valence-corrected chi connectivity index (χ4v) is 2.06. The first-order valence-electron chi connectivity index (χ1n) is 7.69. The summed E-state index contributed by atoms with van der Waals surface area (Å²) < 4.78 is 0. The molecule has 0 unspecified atom stereocenters. The summed E-state index contributed by atoms with van der Waals surface area (Å²) >= 11 is 0. The highest BCUT2D eigenvalue weighted by molar-refractivity contribution is 5.99. The molecule has 25 heavy (non-hydrogen) atoms. The molecule has 2 aromatic rings.